The zero-order valence-electron chi connectivity index (χ0n) is 12.8. The van der Waals surface area contributed by atoms with E-state index >= 15 is 0 Å². The van der Waals surface area contributed by atoms with Crippen LogP contribution in [0.25, 0.3) is 0 Å². The number of ketones is 1. The first-order chi connectivity index (χ1) is 11.0. The molecule has 0 atom stereocenters. The molecular weight excluding hydrogens is 378 g/mol. The Kier molecular flexibility index (Phi) is 6.25. The average Bonchev–Trinajstić information content (AvgIpc) is 2.49. The maximum atomic E-state index is 12.1. The Morgan fingerprint density at radius 1 is 1.22 bits per heavy atom. The van der Waals surface area contributed by atoms with E-state index in [-0.39, 0.29) is 11.9 Å². The Hall–Kier alpha value is -1.78. The SMILES string of the molecule is CC(C)Oc1ccc(C(=O)/C=C/Nc2ccc(Br)cc2Cl)cc1. The highest BCUT2D eigenvalue weighted by Gasteiger charge is 2.04. The smallest absolute Gasteiger partial charge is 0.187 e. The maximum absolute atomic E-state index is 12.1. The highest BCUT2D eigenvalue weighted by molar-refractivity contribution is 9.10. The Bertz CT molecular complexity index is 711. The lowest BCUT2D eigenvalue weighted by atomic mass is 10.1. The molecule has 0 fully saturated rings. The number of rotatable bonds is 6. The fraction of sp³-hybridized carbons (Fsp3) is 0.167. The molecule has 0 saturated carbocycles. The normalized spacial score (nSPS) is 11.0. The Labute approximate surface area is 149 Å². The summed E-state index contributed by atoms with van der Waals surface area (Å²) in [4.78, 5) is 12.1. The van der Waals surface area contributed by atoms with E-state index in [0.29, 0.717) is 10.6 Å². The number of anilines is 1. The van der Waals surface area contributed by atoms with Crippen LogP contribution in [0.15, 0.2) is 59.2 Å². The van der Waals surface area contributed by atoms with E-state index in [1.165, 1.54) is 6.08 Å². The molecule has 2 aromatic rings. The van der Waals surface area contributed by atoms with Crippen molar-refractivity contribution in [2.24, 2.45) is 0 Å². The number of allylic oxidation sites excluding steroid dienone is 1. The topological polar surface area (TPSA) is 38.3 Å². The summed E-state index contributed by atoms with van der Waals surface area (Å²) in [6.07, 6.45) is 3.16. The molecule has 2 rings (SSSR count). The summed E-state index contributed by atoms with van der Waals surface area (Å²) in [5.41, 5.74) is 1.33. The second kappa shape index (κ2) is 8.18. The molecule has 0 saturated heterocycles. The van der Waals surface area contributed by atoms with Crippen molar-refractivity contribution < 1.29 is 9.53 Å². The van der Waals surface area contributed by atoms with Crippen LogP contribution in [0, 0.1) is 0 Å². The number of carbonyl (C=O) groups is 1. The van der Waals surface area contributed by atoms with Gasteiger partial charge in [-0.25, -0.2) is 0 Å². The first kappa shape index (κ1) is 17.6. The fourth-order valence-electron chi connectivity index (χ4n) is 1.88. The Morgan fingerprint density at radius 2 is 1.91 bits per heavy atom. The van der Waals surface area contributed by atoms with Gasteiger partial charge in [-0.2, -0.15) is 0 Å². The molecule has 120 valence electrons. The highest BCUT2D eigenvalue weighted by atomic mass is 79.9. The zero-order valence-corrected chi connectivity index (χ0v) is 15.2. The second-order valence-corrected chi connectivity index (χ2v) is 6.48. The molecule has 3 nitrogen and oxygen atoms in total. The first-order valence-corrected chi connectivity index (χ1v) is 8.32. The number of hydrogen-bond acceptors (Lipinski definition) is 3. The molecule has 0 amide bonds. The van der Waals surface area contributed by atoms with Crippen LogP contribution in [-0.4, -0.2) is 11.9 Å². The van der Waals surface area contributed by atoms with Gasteiger partial charge in [0.2, 0.25) is 0 Å². The van der Waals surface area contributed by atoms with Gasteiger partial charge in [0, 0.05) is 22.3 Å². The summed E-state index contributed by atoms with van der Waals surface area (Å²) in [5.74, 6) is 0.655. The molecule has 0 spiro atoms. The molecule has 0 aromatic heterocycles. The number of ether oxygens (including phenoxy) is 1. The number of halogens is 2. The van der Waals surface area contributed by atoms with Crippen LogP contribution in [0.2, 0.25) is 5.02 Å². The minimum Gasteiger partial charge on any atom is -0.491 e. The van der Waals surface area contributed by atoms with Crippen molar-refractivity contribution in [2.45, 2.75) is 20.0 Å². The van der Waals surface area contributed by atoms with E-state index < -0.39 is 0 Å². The van der Waals surface area contributed by atoms with Crippen LogP contribution in [0.1, 0.15) is 24.2 Å². The number of carbonyl (C=O) groups excluding carboxylic acids is 1. The summed E-state index contributed by atoms with van der Waals surface area (Å²) < 4.78 is 6.45. The van der Waals surface area contributed by atoms with Crippen LogP contribution in [0.3, 0.4) is 0 Å². The van der Waals surface area contributed by atoms with Crippen LogP contribution < -0.4 is 10.1 Å². The third kappa shape index (κ3) is 5.41. The van der Waals surface area contributed by atoms with E-state index in [1.807, 2.05) is 26.0 Å². The van der Waals surface area contributed by atoms with E-state index in [1.54, 1.807) is 36.5 Å². The van der Waals surface area contributed by atoms with Gasteiger partial charge in [0.05, 0.1) is 16.8 Å². The van der Waals surface area contributed by atoms with Gasteiger partial charge >= 0.3 is 0 Å². The molecule has 0 unspecified atom stereocenters. The summed E-state index contributed by atoms with van der Waals surface area (Å²) in [6.45, 7) is 3.92. The fourth-order valence-corrected chi connectivity index (χ4v) is 2.61. The van der Waals surface area contributed by atoms with Crippen LogP contribution in [0.4, 0.5) is 5.69 Å². The molecule has 0 radical (unpaired) electrons. The maximum Gasteiger partial charge on any atom is 0.187 e. The summed E-state index contributed by atoms with van der Waals surface area (Å²) in [7, 11) is 0. The van der Waals surface area contributed by atoms with Crippen LogP contribution >= 0.6 is 27.5 Å². The van der Waals surface area contributed by atoms with E-state index in [9.17, 15) is 4.79 Å². The van der Waals surface area contributed by atoms with Gasteiger partial charge in [-0.3, -0.25) is 4.79 Å². The largest absolute Gasteiger partial charge is 0.491 e. The number of nitrogens with one attached hydrogen (secondary N) is 1. The predicted molar refractivity (Wildman–Crippen MR) is 98.5 cm³/mol. The van der Waals surface area contributed by atoms with Crippen LogP contribution in [0.5, 0.6) is 5.75 Å². The van der Waals surface area contributed by atoms with Gasteiger partial charge in [-0.1, -0.05) is 27.5 Å². The van der Waals surface area contributed by atoms with Crippen molar-refractivity contribution in [3.05, 3.63) is 69.8 Å². The van der Waals surface area contributed by atoms with E-state index in [0.717, 1.165) is 15.9 Å². The first-order valence-electron chi connectivity index (χ1n) is 7.15. The molecule has 23 heavy (non-hydrogen) atoms. The lowest BCUT2D eigenvalue weighted by Crippen LogP contribution is -2.05. The van der Waals surface area contributed by atoms with Gasteiger partial charge in [0.1, 0.15) is 5.75 Å². The Balaban J connectivity index is 1.98. The molecular formula is C18H17BrClNO2. The van der Waals surface area contributed by atoms with Crippen molar-refractivity contribution in [3.8, 4) is 5.75 Å². The second-order valence-electron chi connectivity index (χ2n) is 5.16. The molecule has 2 aromatic carbocycles. The molecule has 0 heterocycles. The highest BCUT2D eigenvalue weighted by Crippen LogP contribution is 2.25. The lowest BCUT2D eigenvalue weighted by Gasteiger charge is -2.09. The minimum atomic E-state index is -0.0955. The molecule has 1 N–H and O–H groups in total. The van der Waals surface area contributed by atoms with E-state index in [2.05, 4.69) is 21.2 Å². The molecule has 5 heteroatoms. The van der Waals surface area contributed by atoms with Gasteiger partial charge in [-0.15, -0.1) is 0 Å². The van der Waals surface area contributed by atoms with Crippen molar-refractivity contribution >= 4 is 39.0 Å². The van der Waals surface area contributed by atoms with Gasteiger partial charge in [0.25, 0.3) is 0 Å². The number of benzene rings is 2. The Morgan fingerprint density at radius 3 is 2.52 bits per heavy atom. The average molecular weight is 395 g/mol. The number of hydrogen-bond donors (Lipinski definition) is 1. The molecule has 0 bridgehead atoms. The van der Waals surface area contributed by atoms with E-state index in [4.69, 9.17) is 16.3 Å². The van der Waals surface area contributed by atoms with Crippen molar-refractivity contribution in [1.82, 2.24) is 0 Å². The quantitative estimate of drug-likeness (QED) is 0.504. The third-order valence-corrected chi connectivity index (χ3v) is 3.72. The summed E-state index contributed by atoms with van der Waals surface area (Å²) in [5, 5.41) is 3.58. The molecule has 0 aliphatic rings. The zero-order chi connectivity index (χ0) is 16.8. The van der Waals surface area contributed by atoms with Crippen molar-refractivity contribution in [1.29, 1.82) is 0 Å². The predicted octanol–water partition coefficient (Wildman–Crippen LogP) is 5.70. The van der Waals surface area contributed by atoms with Crippen molar-refractivity contribution in [2.75, 3.05) is 5.32 Å². The molecule has 0 aliphatic carbocycles. The van der Waals surface area contributed by atoms with Crippen LogP contribution in [-0.2, 0) is 0 Å². The van der Waals surface area contributed by atoms with Gasteiger partial charge in [0.15, 0.2) is 5.78 Å². The van der Waals surface area contributed by atoms with Crippen molar-refractivity contribution in [3.63, 3.8) is 0 Å². The lowest BCUT2D eigenvalue weighted by molar-refractivity contribution is 0.104. The third-order valence-electron chi connectivity index (χ3n) is 2.92. The monoisotopic (exact) mass is 393 g/mol. The minimum absolute atomic E-state index is 0.0955. The molecule has 0 aliphatic heterocycles. The standard InChI is InChI=1S/C18H17BrClNO2/c1-12(2)23-15-6-3-13(4-7-15)18(22)9-10-21-17-8-5-14(19)11-16(17)20/h3-12,21H,1-2H3/b10-9+. The summed E-state index contributed by atoms with van der Waals surface area (Å²) >= 11 is 9.44. The van der Waals surface area contributed by atoms with Gasteiger partial charge in [-0.05, 0) is 56.3 Å². The summed E-state index contributed by atoms with van der Waals surface area (Å²) in [6, 6.07) is 12.6. The van der Waals surface area contributed by atoms with Gasteiger partial charge < -0.3 is 10.1 Å².